The number of allylic oxidation sites excluding steroid dienone is 5. The number of hydrogen-bond donors (Lipinski definition) is 0. The molecule has 0 unspecified atom stereocenters. The van der Waals surface area contributed by atoms with Gasteiger partial charge in [0.25, 0.3) is 0 Å². The minimum atomic E-state index is -0.245. The molecule has 0 nitrogen and oxygen atoms in total. The van der Waals surface area contributed by atoms with Crippen LogP contribution >= 0.6 is 0 Å². The Morgan fingerprint density at radius 1 is 1.36 bits per heavy atom. The summed E-state index contributed by atoms with van der Waals surface area (Å²) in [6.07, 6.45) is 4.43. The lowest BCUT2D eigenvalue weighted by molar-refractivity contribution is 0.666. The lowest BCUT2D eigenvalue weighted by Gasteiger charge is -1.85. The molecular formula is C10H17F. The van der Waals surface area contributed by atoms with Gasteiger partial charge in [-0.15, -0.1) is 0 Å². The van der Waals surface area contributed by atoms with Crippen molar-refractivity contribution in [1.29, 1.82) is 0 Å². The van der Waals surface area contributed by atoms with Crippen LogP contribution in [0.3, 0.4) is 0 Å². The zero-order valence-electron chi connectivity index (χ0n) is 7.82. The normalized spacial score (nSPS) is 10.8. The predicted octanol–water partition coefficient (Wildman–Crippen LogP) is 4.02. The van der Waals surface area contributed by atoms with Gasteiger partial charge in [-0.05, 0) is 26.0 Å². The van der Waals surface area contributed by atoms with Crippen LogP contribution in [-0.2, 0) is 0 Å². The summed E-state index contributed by atoms with van der Waals surface area (Å²) in [6.45, 7) is 11.0. The molecule has 0 aliphatic carbocycles. The molecule has 0 aliphatic rings. The summed E-state index contributed by atoms with van der Waals surface area (Å²) in [6, 6.07) is 0. The van der Waals surface area contributed by atoms with Gasteiger partial charge in [0.15, 0.2) is 0 Å². The van der Waals surface area contributed by atoms with Crippen LogP contribution in [0, 0.1) is 0 Å². The van der Waals surface area contributed by atoms with Crippen molar-refractivity contribution in [3.8, 4) is 0 Å². The Morgan fingerprint density at radius 3 is 2.09 bits per heavy atom. The molecule has 0 rings (SSSR count). The van der Waals surface area contributed by atoms with Gasteiger partial charge in [0, 0.05) is 0 Å². The summed E-state index contributed by atoms with van der Waals surface area (Å²) in [7, 11) is 0. The fourth-order valence-electron chi connectivity index (χ4n) is 0.443. The quantitative estimate of drug-likeness (QED) is 0.530. The highest BCUT2D eigenvalue weighted by molar-refractivity contribution is 5.21. The van der Waals surface area contributed by atoms with E-state index in [2.05, 4.69) is 6.58 Å². The van der Waals surface area contributed by atoms with E-state index in [1.165, 1.54) is 12.2 Å². The highest BCUT2D eigenvalue weighted by Gasteiger charge is 1.83. The predicted molar refractivity (Wildman–Crippen MR) is 50.2 cm³/mol. The maximum Gasteiger partial charge on any atom is 0.123 e. The maximum atomic E-state index is 12.4. The highest BCUT2D eigenvalue weighted by atomic mass is 19.1. The van der Waals surface area contributed by atoms with Crippen molar-refractivity contribution >= 4 is 0 Å². The first-order valence-corrected chi connectivity index (χ1v) is 3.82. The van der Waals surface area contributed by atoms with Gasteiger partial charge >= 0.3 is 0 Å². The minimum Gasteiger partial charge on any atom is -0.207 e. The van der Waals surface area contributed by atoms with Crippen molar-refractivity contribution in [3.63, 3.8) is 0 Å². The van der Waals surface area contributed by atoms with Crippen LogP contribution in [0.1, 0.15) is 27.7 Å². The van der Waals surface area contributed by atoms with Gasteiger partial charge in [0.1, 0.15) is 5.83 Å². The molecule has 0 aromatic heterocycles. The van der Waals surface area contributed by atoms with E-state index < -0.39 is 0 Å². The van der Waals surface area contributed by atoms with Crippen LogP contribution in [0.4, 0.5) is 4.39 Å². The molecule has 0 amide bonds. The lowest BCUT2D eigenvalue weighted by atomic mass is 10.3. The number of hydrogen-bond acceptors (Lipinski definition) is 0. The average molecular weight is 156 g/mol. The Bertz CT molecular complexity index is 152. The van der Waals surface area contributed by atoms with Crippen molar-refractivity contribution in [2.75, 3.05) is 0 Å². The van der Waals surface area contributed by atoms with Gasteiger partial charge in [-0.25, -0.2) is 4.39 Å². The molecule has 0 bridgehead atoms. The third kappa shape index (κ3) is 12.4. The Kier molecular flexibility index (Phi) is 10.6. The minimum absolute atomic E-state index is 0.245. The van der Waals surface area contributed by atoms with Crippen LogP contribution in [0.2, 0.25) is 0 Å². The van der Waals surface area contributed by atoms with E-state index in [-0.39, 0.29) is 5.83 Å². The van der Waals surface area contributed by atoms with Crippen molar-refractivity contribution in [2.45, 2.75) is 27.7 Å². The fourth-order valence-corrected chi connectivity index (χ4v) is 0.443. The van der Waals surface area contributed by atoms with Crippen LogP contribution in [-0.4, -0.2) is 0 Å². The summed E-state index contributed by atoms with van der Waals surface area (Å²) >= 11 is 0. The summed E-state index contributed by atoms with van der Waals surface area (Å²) in [5.41, 5.74) is 0.727. The summed E-state index contributed by atoms with van der Waals surface area (Å²) in [4.78, 5) is 0. The highest BCUT2D eigenvalue weighted by Crippen LogP contribution is 2.02. The summed E-state index contributed by atoms with van der Waals surface area (Å²) in [5, 5.41) is 0. The topological polar surface area (TPSA) is 0 Å². The lowest BCUT2D eigenvalue weighted by Crippen LogP contribution is -1.66. The third-order valence-corrected chi connectivity index (χ3v) is 0.710. The summed E-state index contributed by atoms with van der Waals surface area (Å²) < 4.78 is 12.4. The second-order valence-corrected chi connectivity index (χ2v) is 1.88. The van der Waals surface area contributed by atoms with E-state index in [9.17, 15) is 4.39 Å². The molecule has 0 fully saturated rings. The van der Waals surface area contributed by atoms with Crippen molar-refractivity contribution in [1.82, 2.24) is 0 Å². The molecule has 0 saturated heterocycles. The Morgan fingerprint density at radius 2 is 1.82 bits per heavy atom. The molecule has 0 N–H and O–H groups in total. The second-order valence-electron chi connectivity index (χ2n) is 1.88. The number of rotatable bonds is 2. The fraction of sp³-hybridized carbons (Fsp3) is 0.400. The zero-order valence-corrected chi connectivity index (χ0v) is 7.82. The van der Waals surface area contributed by atoms with E-state index in [0.717, 1.165) is 5.57 Å². The standard InChI is InChI=1S/C8H11F.C2H6/c1-4-5-8(9)6-7(2)3;1-2/h4-6H,2H2,1,3H3;1-2H3/b5-4-,8-6+;. The first kappa shape index (κ1) is 12.8. The van der Waals surface area contributed by atoms with Crippen molar-refractivity contribution < 1.29 is 4.39 Å². The molecule has 0 aromatic rings. The van der Waals surface area contributed by atoms with E-state index in [4.69, 9.17) is 0 Å². The SMILES string of the molecule is C=C(C)/C=C(F)\C=C/C.CC. The Labute approximate surface area is 69.1 Å². The van der Waals surface area contributed by atoms with Crippen LogP contribution < -0.4 is 0 Å². The molecule has 0 spiro atoms. The second kappa shape index (κ2) is 9.15. The zero-order chi connectivity index (χ0) is 9.28. The largest absolute Gasteiger partial charge is 0.207 e. The molecule has 0 aromatic carbocycles. The third-order valence-electron chi connectivity index (χ3n) is 0.710. The molecule has 0 atom stereocenters. The Balaban J connectivity index is 0. The van der Waals surface area contributed by atoms with Crippen LogP contribution in [0.25, 0.3) is 0 Å². The van der Waals surface area contributed by atoms with Gasteiger partial charge in [-0.1, -0.05) is 32.1 Å². The first-order valence-electron chi connectivity index (χ1n) is 3.82. The average Bonchev–Trinajstić information content (AvgIpc) is 1.91. The van der Waals surface area contributed by atoms with Crippen molar-refractivity contribution in [2.24, 2.45) is 0 Å². The molecule has 1 heteroatoms. The van der Waals surface area contributed by atoms with Gasteiger partial charge < -0.3 is 0 Å². The van der Waals surface area contributed by atoms with E-state index in [1.807, 2.05) is 13.8 Å². The van der Waals surface area contributed by atoms with Gasteiger partial charge in [0.05, 0.1) is 0 Å². The van der Waals surface area contributed by atoms with Crippen molar-refractivity contribution in [3.05, 3.63) is 36.2 Å². The molecule has 0 radical (unpaired) electrons. The summed E-state index contributed by atoms with van der Waals surface area (Å²) in [5.74, 6) is -0.245. The molecular weight excluding hydrogens is 139 g/mol. The van der Waals surface area contributed by atoms with Crippen LogP contribution in [0.15, 0.2) is 36.2 Å². The Hall–Kier alpha value is -0.850. The molecule has 11 heavy (non-hydrogen) atoms. The molecule has 0 heterocycles. The van der Waals surface area contributed by atoms with E-state index >= 15 is 0 Å². The van der Waals surface area contributed by atoms with Gasteiger partial charge in [-0.3, -0.25) is 0 Å². The maximum absolute atomic E-state index is 12.4. The first-order chi connectivity index (χ1) is 5.16. The van der Waals surface area contributed by atoms with E-state index in [0.29, 0.717) is 0 Å². The molecule has 0 saturated carbocycles. The molecule has 0 aliphatic heterocycles. The molecule has 64 valence electrons. The smallest absolute Gasteiger partial charge is 0.123 e. The monoisotopic (exact) mass is 156 g/mol. The van der Waals surface area contributed by atoms with Gasteiger partial charge in [0.2, 0.25) is 0 Å². The van der Waals surface area contributed by atoms with E-state index in [1.54, 1.807) is 19.9 Å². The number of halogens is 1. The van der Waals surface area contributed by atoms with Gasteiger partial charge in [-0.2, -0.15) is 0 Å². The van der Waals surface area contributed by atoms with Crippen LogP contribution in [0.5, 0.6) is 0 Å².